The average Bonchev–Trinajstić information content (AvgIpc) is 3.40. The maximum absolute atomic E-state index is 13.0. The molecule has 1 aromatic heterocycles. The van der Waals surface area contributed by atoms with Crippen molar-refractivity contribution < 1.29 is 19.4 Å². The summed E-state index contributed by atoms with van der Waals surface area (Å²) in [6.45, 7) is 2.56. The molecule has 34 heavy (non-hydrogen) atoms. The fourth-order valence-corrected chi connectivity index (χ4v) is 4.38. The van der Waals surface area contributed by atoms with Gasteiger partial charge in [0.05, 0.1) is 19.1 Å². The molecule has 180 valence electrons. The van der Waals surface area contributed by atoms with Crippen molar-refractivity contribution in [3.63, 3.8) is 0 Å². The van der Waals surface area contributed by atoms with E-state index in [0.29, 0.717) is 37.6 Å². The normalized spacial score (nSPS) is 13.1. The second-order valence-corrected chi connectivity index (χ2v) is 8.48. The van der Waals surface area contributed by atoms with Crippen molar-refractivity contribution in [1.82, 2.24) is 4.90 Å². The van der Waals surface area contributed by atoms with Crippen molar-refractivity contribution in [2.45, 2.75) is 0 Å². The third-order valence-electron chi connectivity index (χ3n) is 5.56. The third-order valence-corrected chi connectivity index (χ3v) is 6.45. The number of hydrogen-bond acceptors (Lipinski definition) is 7. The van der Waals surface area contributed by atoms with Crippen LogP contribution in [-0.4, -0.2) is 62.1 Å². The number of nitrogens with one attached hydrogen (secondary N) is 2. The molecule has 10 heteroatoms. The van der Waals surface area contributed by atoms with Gasteiger partial charge >= 0.3 is 0 Å². The number of hydrogen-bond donors (Lipinski definition) is 3. The lowest BCUT2D eigenvalue weighted by Crippen LogP contribution is -2.48. The molecule has 1 fully saturated rings. The molecule has 1 saturated heterocycles. The SMILES string of the molecule is COc1cc(C(=O)N2CCN(c3ccc(NC(=N)c4cccs4)cc3)CC2)cc(OC)c1O.Cl. The van der Waals surface area contributed by atoms with Gasteiger partial charge in [0.25, 0.3) is 5.91 Å². The van der Waals surface area contributed by atoms with Gasteiger partial charge in [-0.05, 0) is 47.8 Å². The molecule has 4 rings (SSSR count). The molecule has 3 aromatic rings. The Hall–Kier alpha value is -3.43. The largest absolute Gasteiger partial charge is 0.502 e. The number of methoxy groups -OCH3 is 2. The van der Waals surface area contributed by atoms with Crippen LogP contribution in [0.1, 0.15) is 15.2 Å². The number of halogens is 1. The number of benzene rings is 2. The van der Waals surface area contributed by atoms with Gasteiger partial charge in [-0.15, -0.1) is 23.7 Å². The molecule has 8 nitrogen and oxygen atoms in total. The lowest BCUT2D eigenvalue weighted by Gasteiger charge is -2.36. The number of phenolic OH excluding ortho intramolecular Hbond substituents is 1. The summed E-state index contributed by atoms with van der Waals surface area (Å²) >= 11 is 1.53. The van der Waals surface area contributed by atoms with Gasteiger partial charge in [-0.2, -0.15) is 0 Å². The summed E-state index contributed by atoms with van der Waals surface area (Å²) in [4.78, 5) is 17.9. The van der Waals surface area contributed by atoms with Gasteiger partial charge in [-0.3, -0.25) is 10.2 Å². The predicted octanol–water partition coefficient (Wildman–Crippen LogP) is 4.29. The van der Waals surface area contributed by atoms with Crippen molar-refractivity contribution in [2.24, 2.45) is 0 Å². The molecule has 3 N–H and O–H groups in total. The van der Waals surface area contributed by atoms with Gasteiger partial charge in [-0.1, -0.05) is 6.07 Å². The maximum atomic E-state index is 13.0. The van der Waals surface area contributed by atoms with Crippen molar-refractivity contribution in [1.29, 1.82) is 5.41 Å². The van der Waals surface area contributed by atoms with E-state index in [0.717, 1.165) is 16.3 Å². The lowest BCUT2D eigenvalue weighted by molar-refractivity contribution is 0.0746. The van der Waals surface area contributed by atoms with E-state index in [4.69, 9.17) is 14.9 Å². The number of amidine groups is 1. The summed E-state index contributed by atoms with van der Waals surface area (Å²) in [6, 6.07) is 14.9. The second kappa shape index (κ2) is 11.1. The topological polar surface area (TPSA) is 98.1 Å². The highest BCUT2D eigenvalue weighted by molar-refractivity contribution is 7.12. The van der Waals surface area contributed by atoms with Crippen molar-refractivity contribution in [2.75, 3.05) is 50.6 Å². The van der Waals surface area contributed by atoms with Crippen LogP contribution in [-0.2, 0) is 0 Å². The minimum absolute atomic E-state index is 0. The first-order valence-electron chi connectivity index (χ1n) is 10.5. The lowest BCUT2D eigenvalue weighted by atomic mass is 10.1. The first kappa shape index (κ1) is 25.2. The average molecular weight is 503 g/mol. The monoisotopic (exact) mass is 502 g/mol. The number of amides is 1. The molecule has 1 aliphatic heterocycles. The molecule has 0 unspecified atom stereocenters. The van der Waals surface area contributed by atoms with Crippen molar-refractivity contribution in [3.8, 4) is 17.2 Å². The predicted molar refractivity (Wildman–Crippen MR) is 138 cm³/mol. The van der Waals surface area contributed by atoms with Crippen LogP contribution >= 0.6 is 23.7 Å². The van der Waals surface area contributed by atoms with Gasteiger partial charge in [0.15, 0.2) is 11.5 Å². The van der Waals surface area contributed by atoms with Crippen LogP contribution in [0.2, 0.25) is 0 Å². The molecular weight excluding hydrogens is 476 g/mol. The van der Waals surface area contributed by atoms with Crippen LogP contribution in [0.5, 0.6) is 17.2 Å². The van der Waals surface area contributed by atoms with E-state index >= 15 is 0 Å². The number of rotatable bonds is 6. The Morgan fingerprint density at radius 2 is 1.65 bits per heavy atom. The molecule has 0 bridgehead atoms. The number of ether oxygens (including phenoxy) is 2. The first-order valence-corrected chi connectivity index (χ1v) is 11.4. The Balaban J connectivity index is 0.00000324. The Labute approximate surface area is 208 Å². The molecule has 1 aliphatic rings. The van der Waals surface area contributed by atoms with Crippen molar-refractivity contribution in [3.05, 3.63) is 64.4 Å². The Morgan fingerprint density at radius 1 is 1.03 bits per heavy atom. The van der Waals surface area contributed by atoms with Gasteiger partial charge < -0.3 is 29.7 Å². The Bertz CT molecular complexity index is 1110. The zero-order chi connectivity index (χ0) is 23.4. The molecule has 1 amide bonds. The summed E-state index contributed by atoms with van der Waals surface area (Å²) in [6.07, 6.45) is 0. The Kier molecular flexibility index (Phi) is 8.25. The summed E-state index contributed by atoms with van der Waals surface area (Å²) < 4.78 is 10.3. The Morgan fingerprint density at radius 3 is 2.18 bits per heavy atom. The summed E-state index contributed by atoms with van der Waals surface area (Å²) in [5.41, 5.74) is 2.35. The summed E-state index contributed by atoms with van der Waals surface area (Å²) in [7, 11) is 2.88. The fraction of sp³-hybridized carbons (Fsp3) is 0.250. The van der Waals surface area contributed by atoms with Crippen LogP contribution in [0.3, 0.4) is 0 Å². The number of carbonyl (C=O) groups is 1. The van der Waals surface area contributed by atoms with E-state index in [-0.39, 0.29) is 35.6 Å². The fourth-order valence-electron chi connectivity index (χ4n) is 3.75. The minimum atomic E-state index is -0.127. The minimum Gasteiger partial charge on any atom is -0.502 e. The molecule has 0 saturated carbocycles. The van der Waals surface area contributed by atoms with E-state index in [1.165, 1.54) is 37.7 Å². The van der Waals surface area contributed by atoms with Gasteiger partial charge in [-0.25, -0.2) is 0 Å². The summed E-state index contributed by atoms with van der Waals surface area (Å²) in [5.74, 6) is 0.546. The van der Waals surface area contributed by atoms with Crippen LogP contribution in [0.25, 0.3) is 0 Å². The van der Waals surface area contributed by atoms with Crippen LogP contribution in [0, 0.1) is 5.41 Å². The van der Waals surface area contributed by atoms with Crippen LogP contribution in [0.4, 0.5) is 11.4 Å². The van der Waals surface area contributed by atoms with Gasteiger partial charge in [0.2, 0.25) is 5.75 Å². The number of piperazine rings is 1. The number of anilines is 2. The zero-order valence-corrected chi connectivity index (χ0v) is 20.5. The molecule has 0 atom stereocenters. The van der Waals surface area contributed by atoms with E-state index < -0.39 is 0 Å². The smallest absolute Gasteiger partial charge is 0.254 e. The highest BCUT2D eigenvalue weighted by atomic mass is 35.5. The van der Waals surface area contributed by atoms with E-state index in [9.17, 15) is 9.90 Å². The quantitative estimate of drug-likeness (QED) is 0.343. The second-order valence-electron chi connectivity index (χ2n) is 7.53. The molecular formula is C24H27ClN4O4S. The molecule has 0 spiro atoms. The van der Waals surface area contributed by atoms with Crippen LogP contribution < -0.4 is 19.7 Å². The van der Waals surface area contributed by atoms with Gasteiger partial charge in [0, 0.05) is 43.1 Å². The third kappa shape index (κ3) is 5.37. The molecule has 0 aliphatic carbocycles. The molecule has 0 radical (unpaired) electrons. The molecule has 2 heterocycles. The highest BCUT2D eigenvalue weighted by Crippen LogP contribution is 2.37. The number of aromatic hydroxyl groups is 1. The van der Waals surface area contributed by atoms with Crippen molar-refractivity contribution >= 4 is 46.9 Å². The maximum Gasteiger partial charge on any atom is 0.254 e. The summed E-state index contributed by atoms with van der Waals surface area (Å²) in [5, 5.41) is 23.3. The highest BCUT2D eigenvalue weighted by Gasteiger charge is 2.24. The number of nitrogens with zero attached hydrogens (tertiary/aromatic N) is 2. The van der Waals surface area contributed by atoms with E-state index in [2.05, 4.69) is 10.2 Å². The number of carbonyl (C=O) groups excluding carboxylic acids is 1. The van der Waals surface area contributed by atoms with Gasteiger partial charge in [0.1, 0.15) is 5.84 Å². The zero-order valence-electron chi connectivity index (χ0n) is 18.9. The number of phenols is 1. The van der Waals surface area contributed by atoms with E-state index in [1.54, 1.807) is 4.90 Å². The standard InChI is InChI=1S/C24H26N4O4S.ClH/c1-31-19-14-16(15-20(32-2)22(19)29)24(30)28-11-9-27(10-12-28)18-7-5-17(6-8-18)26-23(25)21-4-3-13-33-21;/h3-8,13-15,29H,9-12H2,1-2H3,(H2,25,26);1H. The first-order chi connectivity index (χ1) is 16.0. The van der Waals surface area contributed by atoms with E-state index in [1.807, 2.05) is 41.8 Å². The van der Waals surface area contributed by atoms with Crippen LogP contribution in [0.15, 0.2) is 53.9 Å². The molecule has 2 aromatic carbocycles. The number of thiophene rings is 1.